The first kappa shape index (κ1) is 14.7. The predicted molar refractivity (Wildman–Crippen MR) is 78.3 cm³/mol. The van der Waals surface area contributed by atoms with Crippen LogP contribution >= 0.6 is 11.3 Å². The number of primary amides is 1. The van der Waals surface area contributed by atoms with Gasteiger partial charge in [0.2, 0.25) is 11.0 Å². The van der Waals surface area contributed by atoms with Crippen LogP contribution in [0, 0.1) is 0 Å². The zero-order valence-electron chi connectivity index (χ0n) is 10.9. The molecule has 6 N–H and O–H groups in total. The molecule has 0 saturated heterocycles. The maximum atomic E-state index is 11.9. The molecule has 0 aliphatic rings. The molecule has 0 aliphatic heterocycles. The Morgan fingerprint density at radius 1 is 1.24 bits per heavy atom. The number of nitrogens with one attached hydrogen (secondary N) is 2. The minimum atomic E-state index is -0.762. The van der Waals surface area contributed by atoms with Crippen LogP contribution in [0.3, 0.4) is 0 Å². The van der Waals surface area contributed by atoms with E-state index in [2.05, 4.69) is 20.8 Å². The summed E-state index contributed by atoms with van der Waals surface area (Å²) in [4.78, 5) is 22.5. The SMILES string of the molecule is NC(=O)NCC(=O)NC(c1ccccc1)c1nnc(N)s1. The second kappa shape index (κ2) is 6.66. The van der Waals surface area contributed by atoms with Crippen LogP contribution in [0.1, 0.15) is 16.6 Å². The average molecular weight is 306 g/mol. The zero-order valence-corrected chi connectivity index (χ0v) is 11.8. The van der Waals surface area contributed by atoms with Crippen LogP contribution in [0.2, 0.25) is 0 Å². The number of benzene rings is 1. The van der Waals surface area contributed by atoms with Gasteiger partial charge in [-0.25, -0.2) is 4.79 Å². The largest absolute Gasteiger partial charge is 0.374 e. The van der Waals surface area contributed by atoms with E-state index >= 15 is 0 Å². The van der Waals surface area contributed by atoms with Crippen molar-refractivity contribution < 1.29 is 9.59 Å². The van der Waals surface area contributed by atoms with Crippen molar-refractivity contribution in [1.82, 2.24) is 20.8 Å². The number of nitrogen functional groups attached to an aromatic ring is 1. The van der Waals surface area contributed by atoms with Gasteiger partial charge in [-0.1, -0.05) is 41.7 Å². The standard InChI is InChI=1S/C12H14N6O2S/c13-11(20)15-6-8(19)16-9(7-4-2-1-3-5-7)10-17-18-12(14)21-10/h1-5,9H,6H2,(H2,14,18)(H,16,19)(H3,13,15,20). The van der Waals surface area contributed by atoms with Crippen molar-refractivity contribution in [2.45, 2.75) is 6.04 Å². The first-order valence-corrected chi connectivity index (χ1v) is 6.84. The van der Waals surface area contributed by atoms with Gasteiger partial charge in [-0.3, -0.25) is 4.79 Å². The highest BCUT2D eigenvalue weighted by Gasteiger charge is 2.20. The van der Waals surface area contributed by atoms with E-state index in [1.807, 2.05) is 30.3 Å². The zero-order chi connectivity index (χ0) is 15.2. The maximum absolute atomic E-state index is 11.9. The number of hydrogen-bond acceptors (Lipinski definition) is 6. The highest BCUT2D eigenvalue weighted by molar-refractivity contribution is 7.15. The fraction of sp³-hybridized carbons (Fsp3) is 0.167. The first-order valence-electron chi connectivity index (χ1n) is 6.02. The molecule has 3 amide bonds. The van der Waals surface area contributed by atoms with Crippen LogP contribution in [-0.2, 0) is 4.79 Å². The molecule has 110 valence electrons. The molecule has 9 heteroatoms. The van der Waals surface area contributed by atoms with Crippen LogP contribution in [0.5, 0.6) is 0 Å². The summed E-state index contributed by atoms with van der Waals surface area (Å²) in [6.07, 6.45) is 0. The molecule has 1 aromatic carbocycles. The molecule has 0 saturated carbocycles. The summed E-state index contributed by atoms with van der Waals surface area (Å²) in [6.45, 7) is -0.215. The Balaban J connectivity index is 2.17. The molecule has 1 aromatic heterocycles. The van der Waals surface area contributed by atoms with E-state index in [0.717, 1.165) is 5.56 Å². The third kappa shape index (κ3) is 4.14. The molecule has 1 atom stereocenters. The fourth-order valence-electron chi connectivity index (χ4n) is 1.68. The van der Waals surface area contributed by atoms with Crippen molar-refractivity contribution >= 4 is 28.4 Å². The minimum absolute atomic E-state index is 0.215. The van der Waals surface area contributed by atoms with Gasteiger partial charge in [0.15, 0.2) is 0 Å². The number of rotatable bonds is 5. The quantitative estimate of drug-likeness (QED) is 0.616. The van der Waals surface area contributed by atoms with E-state index in [1.54, 1.807) is 0 Å². The van der Waals surface area contributed by atoms with E-state index in [-0.39, 0.29) is 6.54 Å². The number of hydrogen-bond donors (Lipinski definition) is 4. The molecule has 2 aromatic rings. The van der Waals surface area contributed by atoms with Gasteiger partial charge in [0.05, 0.1) is 6.54 Å². The van der Waals surface area contributed by atoms with E-state index in [0.29, 0.717) is 10.1 Å². The number of amides is 3. The normalized spacial score (nSPS) is 11.6. The Morgan fingerprint density at radius 3 is 2.52 bits per heavy atom. The van der Waals surface area contributed by atoms with Gasteiger partial charge in [0, 0.05) is 0 Å². The summed E-state index contributed by atoms with van der Waals surface area (Å²) in [5.74, 6) is -0.392. The lowest BCUT2D eigenvalue weighted by atomic mass is 10.1. The van der Waals surface area contributed by atoms with Crippen LogP contribution in [0.25, 0.3) is 0 Å². The van der Waals surface area contributed by atoms with E-state index < -0.39 is 18.0 Å². The van der Waals surface area contributed by atoms with E-state index in [4.69, 9.17) is 11.5 Å². The summed E-state index contributed by atoms with van der Waals surface area (Å²) in [5.41, 5.74) is 11.3. The summed E-state index contributed by atoms with van der Waals surface area (Å²) in [6, 6.07) is 8.02. The Morgan fingerprint density at radius 2 is 1.95 bits per heavy atom. The van der Waals surface area contributed by atoms with Crippen molar-refractivity contribution in [3.05, 3.63) is 40.9 Å². The highest BCUT2D eigenvalue weighted by Crippen LogP contribution is 2.25. The minimum Gasteiger partial charge on any atom is -0.374 e. The summed E-state index contributed by atoms with van der Waals surface area (Å²) < 4.78 is 0. The molecule has 0 radical (unpaired) electrons. The molecule has 0 aliphatic carbocycles. The van der Waals surface area contributed by atoms with Gasteiger partial charge in [-0.05, 0) is 5.56 Å². The van der Waals surface area contributed by atoms with Gasteiger partial charge >= 0.3 is 6.03 Å². The smallest absolute Gasteiger partial charge is 0.312 e. The molecule has 0 spiro atoms. The average Bonchev–Trinajstić information content (AvgIpc) is 2.90. The molecule has 21 heavy (non-hydrogen) atoms. The molecular formula is C12H14N6O2S. The van der Waals surface area contributed by atoms with Gasteiger partial charge in [-0.15, -0.1) is 10.2 Å². The number of nitrogens with two attached hydrogens (primary N) is 2. The van der Waals surface area contributed by atoms with Crippen molar-refractivity contribution in [1.29, 1.82) is 0 Å². The number of aromatic nitrogens is 2. The molecule has 0 bridgehead atoms. The predicted octanol–water partition coefficient (Wildman–Crippen LogP) is -0.00580. The Bertz CT molecular complexity index is 630. The number of urea groups is 1. The van der Waals surface area contributed by atoms with Crippen LogP contribution in [0.15, 0.2) is 30.3 Å². The summed E-state index contributed by atoms with van der Waals surface area (Å²) in [7, 11) is 0. The van der Waals surface area contributed by atoms with Crippen molar-refractivity contribution in [3.8, 4) is 0 Å². The number of carbonyl (C=O) groups is 2. The lowest BCUT2D eigenvalue weighted by Gasteiger charge is -2.16. The van der Waals surface area contributed by atoms with Crippen LogP contribution in [-0.4, -0.2) is 28.7 Å². The van der Waals surface area contributed by atoms with Crippen molar-refractivity contribution in [3.63, 3.8) is 0 Å². The van der Waals surface area contributed by atoms with Gasteiger partial charge < -0.3 is 22.1 Å². The first-order chi connectivity index (χ1) is 10.1. The monoisotopic (exact) mass is 306 g/mol. The molecule has 0 fully saturated rings. The van der Waals surface area contributed by atoms with E-state index in [9.17, 15) is 9.59 Å². The molecular weight excluding hydrogens is 292 g/mol. The molecule has 8 nitrogen and oxygen atoms in total. The third-order valence-electron chi connectivity index (χ3n) is 2.56. The Hall–Kier alpha value is -2.68. The second-order valence-electron chi connectivity index (χ2n) is 4.11. The molecule has 2 rings (SSSR count). The number of nitrogens with zero attached hydrogens (tertiary/aromatic N) is 2. The van der Waals surface area contributed by atoms with Gasteiger partial charge in [-0.2, -0.15) is 0 Å². The van der Waals surface area contributed by atoms with Gasteiger partial charge in [0.25, 0.3) is 0 Å². The maximum Gasteiger partial charge on any atom is 0.312 e. The lowest BCUT2D eigenvalue weighted by Crippen LogP contribution is -2.40. The molecule has 1 heterocycles. The Kier molecular flexibility index (Phi) is 4.67. The van der Waals surface area contributed by atoms with Crippen LogP contribution < -0.4 is 22.1 Å². The molecule has 1 unspecified atom stereocenters. The van der Waals surface area contributed by atoms with Crippen molar-refractivity contribution in [2.75, 3.05) is 12.3 Å². The highest BCUT2D eigenvalue weighted by atomic mass is 32.1. The number of anilines is 1. The van der Waals surface area contributed by atoms with Gasteiger partial charge in [0.1, 0.15) is 11.0 Å². The van der Waals surface area contributed by atoms with Crippen LogP contribution in [0.4, 0.5) is 9.93 Å². The topological polar surface area (TPSA) is 136 Å². The second-order valence-corrected chi connectivity index (χ2v) is 5.15. The van der Waals surface area contributed by atoms with E-state index in [1.165, 1.54) is 11.3 Å². The van der Waals surface area contributed by atoms with Crippen molar-refractivity contribution in [2.24, 2.45) is 5.73 Å². The Labute approximate surface area is 124 Å². The third-order valence-corrected chi connectivity index (χ3v) is 3.38. The lowest BCUT2D eigenvalue weighted by molar-refractivity contribution is -0.120. The fourth-order valence-corrected chi connectivity index (χ4v) is 2.37. The summed E-state index contributed by atoms with van der Waals surface area (Å²) in [5, 5.41) is 13.6. The summed E-state index contributed by atoms with van der Waals surface area (Å²) >= 11 is 1.19. The number of carbonyl (C=O) groups excluding carboxylic acids is 2.